The SMILES string of the molecule is COc1cc(/C=C/c2ccc(OCC(CO)(CO)COC(CO)CO)cc2)cc(OC)c1. The average molecular weight is 449 g/mol. The highest BCUT2D eigenvalue weighted by atomic mass is 16.5. The number of hydrogen-bond donors (Lipinski definition) is 4. The highest BCUT2D eigenvalue weighted by molar-refractivity contribution is 5.71. The highest BCUT2D eigenvalue weighted by Gasteiger charge is 2.31. The second-order valence-corrected chi connectivity index (χ2v) is 7.45. The molecule has 0 unspecified atom stereocenters. The molecule has 0 spiro atoms. The van der Waals surface area contributed by atoms with Crippen molar-refractivity contribution in [3.63, 3.8) is 0 Å². The Kier molecular flexibility index (Phi) is 10.5. The van der Waals surface area contributed by atoms with Gasteiger partial charge in [0.05, 0.1) is 52.7 Å². The zero-order valence-corrected chi connectivity index (χ0v) is 18.4. The average Bonchev–Trinajstić information content (AvgIpc) is 2.85. The van der Waals surface area contributed by atoms with Crippen LogP contribution in [0.15, 0.2) is 42.5 Å². The largest absolute Gasteiger partial charge is 0.497 e. The number of rotatable bonds is 14. The molecule has 0 aromatic heterocycles. The summed E-state index contributed by atoms with van der Waals surface area (Å²) in [4.78, 5) is 0. The maximum Gasteiger partial charge on any atom is 0.123 e. The molecule has 0 bridgehead atoms. The first-order valence-electron chi connectivity index (χ1n) is 10.2. The standard InChI is InChI=1S/C24H32O8/c1-29-21-9-19(10-22(11-21)30-2)4-3-18-5-7-20(8-6-18)31-16-24(14-27,15-28)17-32-23(12-25)13-26/h3-11,23,25-28H,12-17H2,1-2H3/b4-3+. The molecular weight excluding hydrogens is 416 g/mol. The van der Waals surface area contributed by atoms with Gasteiger partial charge in [0, 0.05) is 6.07 Å². The Morgan fingerprint density at radius 3 is 1.81 bits per heavy atom. The van der Waals surface area contributed by atoms with E-state index in [1.807, 2.05) is 36.4 Å². The summed E-state index contributed by atoms with van der Waals surface area (Å²) < 4.78 is 21.7. The Bertz CT molecular complexity index is 804. The van der Waals surface area contributed by atoms with E-state index < -0.39 is 11.5 Å². The van der Waals surface area contributed by atoms with E-state index in [-0.39, 0.29) is 39.6 Å². The molecule has 0 aliphatic carbocycles. The van der Waals surface area contributed by atoms with Gasteiger partial charge in [-0.15, -0.1) is 0 Å². The third kappa shape index (κ3) is 7.51. The number of ether oxygens (including phenoxy) is 4. The molecule has 176 valence electrons. The van der Waals surface area contributed by atoms with E-state index in [1.54, 1.807) is 32.4 Å². The van der Waals surface area contributed by atoms with Crippen molar-refractivity contribution < 1.29 is 39.4 Å². The normalized spacial score (nSPS) is 11.8. The Morgan fingerprint density at radius 1 is 0.750 bits per heavy atom. The van der Waals surface area contributed by atoms with Crippen molar-refractivity contribution in [2.24, 2.45) is 5.41 Å². The summed E-state index contributed by atoms with van der Waals surface area (Å²) in [6.45, 7) is -1.54. The third-order valence-electron chi connectivity index (χ3n) is 4.97. The highest BCUT2D eigenvalue weighted by Crippen LogP contribution is 2.25. The summed E-state index contributed by atoms with van der Waals surface area (Å²) in [7, 11) is 3.21. The topological polar surface area (TPSA) is 118 Å². The Hall–Kier alpha value is -2.62. The molecular formula is C24H32O8. The van der Waals surface area contributed by atoms with Crippen molar-refractivity contribution >= 4 is 12.2 Å². The fourth-order valence-corrected chi connectivity index (χ4v) is 2.76. The van der Waals surface area contributed by atoms with Gasteiger partial charge >= 0.3 is 0 Å². The molecule has 0 saturated heterocycles. The minimum absolute atomic E-state index is 0.00235. The van der Waals surface area contributed by atoms with E-state index in [9.17, 15) is 10.2 Å². The lowest BCUT2D eigenvalue weighted by Gasteiger charge is -2.30. The van der Waals surface area contributed by atoms with Crippen molar-refractivity contribution in [3.05, 3.63) is 53.6 Å². The van der Waals surface area contributed by atoms with Crippen LogP contribution in [0.4, 0.5) is 0 Å². The minimum atomic E-state index is -1.06. The predicted molar refractivity (Wildman–Crippen MR) is 121 cm³/mol. The summed E-state index contributed by atoms with van der Waals surface area (Å²) >= 11 is 0. The first-order valence-corrected chi connectivity index (χ1v) is 10.2. The van der Waals surface area contributed by atoms with Crippen LogP contribution in [0.5, 0.6) is 17.2 Å². The summed E-state index contributed by atoms with van der Waals surface area (Å²) in [6, 6.07) is 13.0. The zero-order valence-electron chi connectivity index (χ0n) is 18.4. The molecule has 0 radical (unpaired) electrons. The minimum Gasteiger partial charge on any atom is -0.497 e. The van der Waals surface area contributed by atoms with Gasteiger partial charge < -0.3 is 39.4 Å². The van der Waals surface area contributed by atoms with Gasteiger partial charge in [-0.1, -0.05) is 24.3 Å². The number of benzene rings is 2. The predicted octanol–water partition coefficient (Wildman–Crippen LogP) is 1.59. The molecule has 0 atom stereocenters. The maximum atomic E-state index is 9.74. The van der Waals surface area contributed by atoms with Crippen LogP contribution in [0.1, 0.15) is 11.1 Å². The second kappa shape index (κ2) is 13.0. The van der Waals surface area contributed by atoms with Crippen molar-refractivity contribution in [1.29, 1.82) is 0 Å². The number of methoxy groups -OCH3 is 2. The van der Waals surface area contributed by atoms with Crippen molar-refractivity contribution in [3.8, 4) is 17.2 Å². The van der Waals surface area contributed by atoms with Gasteiger partial charge in [0.25, 0.3) is 0 Å². The molecule has 0 heterocycles. The monoisotopic (exact) mass is 448 g/mol. The van der Waals surface area contributed by atoms with Crippen molar-refractivity contribution in [1.82, 2.24) is 0 Å². The van der Waals surface area contributed by atoms with Crippen LogP contribution in [0.25, 0.3) is 12.2 Å². The van der Waals surface area contributed by atoms with Crippen LogP contribution >= 0.6 is 0 Å². The van der Waals surface area contributed by atoms with Gasteiger partial charge in [0.2, 0.25) is 0 Å². The summed E-state index contributed by atoms with van der Waals surface area (Å²) in [5.74, 6) is 1.98. The molecule has 32 heavy (non-hydrogen) atoms. The van der Waals surface area contributed by atoms with Gasteiger partial charge in [-0.3, -0.25) is 0 Å². The Morgan fingerprint density at radius 2 is 1.31 bits per heavy atom. The van der Waals surface area contributed by atoms with Crippen LogP contribution < -0.4 is 14.2 Å². The molecule has 0 fully saturated rings. The molecule has 0 aliphatic heterocycles. The molecule has 8 nitrogen and oxygen atoms in total. The van der Waals surface area contributed by atoms with Crippen LogP contribution in [0, 0.1) is 5.41 Å². The van der Waals surface area contributed by atoms with Gasteiger partial charge in [0.1, 0.15) is 30.0 Å². The summed E-state index contributed by atoms with van der Waals surface area (Å²) in [6.07, 6.45) is 3.11. The lowest BCUT2D eigenvalue weighted by atomic mass is 9.92. The first-order chi connectivity index (χ1) is 15.5. The quantitative estimate of drug-likeness (QED) is 0.322. The van der Waals surface area contributed by atoms with E-state index in [4.69, 9.17) is 29.2 Å². The van der Waals surface area contributed by atoms with Crippen LogP contribution in [0.2, 0.25) is 0 Å². The van der Waals surface area contributed by atoms with E-state index in [2.05, 4.69) is 0 Å². The van der Waals surface area contributed by atoms with Crippen LogP contribution in [0.3, 0.4) is 0 Å². The van der Waals surface area contributed by atoms with Crippen LogP contribution in [-0.4, -0.2) is 80.4 Å². The van der Waals surface area contributed by atoms with Gasteiger partial charge in [-0.05, 0) is 35.4 Å². The molecule has 0 amide bonds. The molecule has 2 rings (SSSR count). The Labute approximate surface area is 188 Å². The molecule has 0 aliphatic rings. The maximum absolute atomic E-state index is 9.74. The van der Waals surface area contributed by atoms with Crippen molar-refractivity contribution in [2.45, 2.75) is 6.10 Å². The molecule has 4 N–H and O–H groups in total. The molecule has 2 aromatic carbocycles. The number of hydrogen-bond acceptors (Lipinski definition) is 8. The van der Waals surface area contributed by atoms with Gasteiger partial charge in [-0.25, -0.2) is 0 Å². The number of aliphatic hydroxyl groups excluding tert-OH is 4. The van der Waals surface area contributed by atoms with E-state index in [0.717, 1.165) is 11.1 Å². The van der Waals surface area contributed by atoms with Gasteiger partial charge in [-0.2, -0.15) is 0 Å². The lowest BCUT2D eigenvalue weighted by Crippen LogP contribution is -2.42. The molecule has 2 aromatic rings. The molecule has 8 heteroatoms. The fourth-order valence-electron chi connectivity index (χ4n) is 2.76. The van der Waals surface area contributed by atoms with Gasteiger partial charge in [0.15, 0.2) is 0 Å². The summed E-state index contributed by atoms with van der Waals surface area (Å²) in [5, 5.41) is 37.7. The van der Waals surface area contributed by atoms with Crippen LogP contribution in [-0.2, 0) is 4.74 Å². The van der Waals surface area contributed by atoms with E-state index in [0.29, 0.717) is 17.2 Å². The molecule has 0 saturated carbocycles. The smallest absolute Gasteiger partial charge is 0.123 e. The van der Waals surface area contributed by atoms with Crippen molar-refractivity contribution in [2.75, 3.05) is 53.9 Å². The summed E-state index contributed by atoms with van der Waals surface area (Å²) in [5.41, 5.74) is 0.820. The first kappa shape index (κ1) is 25.6. The van der Waals surface area contributed by atoms with E-state index >= 15 is 0 Å². The zero-order chi connectivity index (χ0) is 23.4. The Balaban J connectivity index is 2.00. The third-order valence-corrected chi connectivity index (χ3v) is 4.97. The second-order valence-electron chi connectivity index (χ2n) is 7.45. The lowest BCUT2D eigenvalue weighted by molar-refractivity contribution is -0.0970. The van der Waals surface area contributed by atoms with E-state index in [1.165, 1.54) is 0 Å². The fraction of sp³-hybridized carbons (Fsp3) is 0.417. The number of aliphatic hydroxyl groups is 4.